The summed E-state index contributed by atoms with van der Waals surface area (Å²) in [6, 6.07) is 0. The molecule has 31 heavy (non-hydrogen) atoms. The van der Waals surface area contributed by atoms with E-state index in [-0.39, 0.29) is 28.8 Å². The molecule has 0 bridgehead atoms. The van der Waals surface area contributed by atoms with Crippen molar-refractivity contribution in [3.05, 3.63) is 22.9 Å². The number of aldehydes is 1. The molecule has 2 saturated carbocycles. The van der Waals surface area contributed by atoms with Gasteiger partial charge < -0.3 is 9.64 Å². The molecule has 0 radical (unpaired) electrons. The first-order chi connectivity index (χ1) is 14.7. The molecule has 0 aromatic rings. The van der Waals surface area contributed by atoms with Crippen LogP contribution in [0.25, 0.3) is 0 Å². The van der Waals surface area contributed by atoms with Crippen LogP contribution in [-0.4, -0.2) is 35.7 Å². The Morgan fingerprint density at radius 2 is 1.84 bits per heavy atom. The Bertz CT molecular complexity index is 857. The van der Waals surface area contributed by atoms with E-state index in [9.17, 15) is 14.4 Å². The zero-order valence-corrected chi connectivity index (χ0v) is 19.7. The molecule has 0 spiro atoms. The monoisotopic (exact) mass is 427 g/mol. The van der Waals surface area contributed by atoms with Gasteiger partial charge in [-0.1, -0.05) is 25.5 Å². The maximum atomic E-state index is 12.4. The van der Waals surface area contributed by atoms with Crippen molar-refractivity contribution in [2.75, 3.05) is 6.54 Å². The molecule has 5 nitrogen and oxygen atoms in total. The summed E-state index contributed by atoms with van der Waals surface area (Å²) < 4.78 is 5.55. The molecule has 0 unspecified atom stereocenters. The zero-order valence-electron chi connectivity index (χ0n) is 19.7. The highest BCUT2D eigenvalue weighted by atomic mass is 16.5. The molecule has 0 saturated heterocycles. The van der Waals surface area contributed by atoms with Gasteiger partial charge >= 0.3 is 5.97 Å². The number of carbonyl (C=O) groups is 3. The van der Waals surface area contributed by atoms with E-state index < -0.39 is 0 Å². The van der Waals surface area contributed by atoms with Crippen molar-refractivity contribution >= 4 is 18.2 Å². The average Bonchev–Trinajstić information content (AvgIpc) is 3.01. The smallest absolute Gasteiger partial charge is 0.302 e. The number of hydrogen-bond acceptors (Lipinski definition) is 4. The minimum Gasteiger partial charge on any atom is -0.462 e. The average molecular weight is 428 g/mol. The molecule has 6 atom stereocenters. The molecule has 0 aromatic heterocycles. The third kappa shape index (κ3) is 3.39. The molecular weight excluding hydrogens is 390 g/mol. The summed E-state index contributed by atoms with van der Waals surface area (Å²) in [7, 11) is 0. The first-order valence-electron chi connectivity index (χ1n) is 12.0. The van der Waals surface area contributed by atoms with Crippen molar-refractivity contribution in [1.29, 1.82) is 0 Å². The van der Waals surface area contributed by atoms with E-state index in [1.807, 2.05) is 11.8 Å². The van der Waals surface area contributed by atoms with Gasteiger partial charge in [0.1, 0.15) is 12.4 Å². The Morgan fingerprint density at radius 1 is 1.13 bits per heavy atom. The molecule has 4 aliphatic rings. The van der Waals surface area contributed by atoms with E-state index in [4.69, 9.17) is 4.74 Å². The Kier molecular flexibility index (Phi) is 5.68. The third-order valence-electron chi connectivity index (χ3n) is 9.17. The summed E-state index contributed by atoms with van der Waals surface area (Å²) in [6.07, 6.45) is 10.2. The Labute approximate surface area is 186 Å². The lowest BCUT2D eigenvalue weighted by atomic mass is 9.47. The fourth-order valence-electron chi connectivity index (χ4n) is 7.78. The molecule has 2 fully saturated rings. The summed E-state index contributed by atoms with van der Waals surface area (Å²) >= 11 is 0. The molecule has 0 N–H and O–H groups in total. The lowest BCUT2D eigenvalue weighted by molar-refractivity contribution is -0.148. The van der Waals surface area contributed by atoms with Crippen LogP contribution in [0.2, 0.25) is 0 Å². The standard InChI is InChI=1S/C26H37NO4/c1-6-27(16(2)29)24-18(15-28)13-23-21-8-7-19-14-20(31-17(3)30)9-11-25(19,4)22(21)10-12-26(23,24)5/h7,15,20-23H,6,8-14H2,1-5H3/t20-,21+,22-,23-,25-,26-/m0/s1. The number of allylic oxidation sites excluding steroid dienone is 3. The van der Waals surface area contributed by atoms with Crippen molar-refractivity contribution in [3.8, 4) is 0 Å². The summed E-state index contributed by atoms with van der Waals surface area (Å²) in [5.41, 5.74) is 3.34. The molecule has 5 heteroatoms. The van der Waals surface area contributed by atoms with Gasteiger partial charge in [-0.2, -0.15) is 0 Å². The van der Waals surface area contributed by atoms with Gasteiger partial charge in [0, 0.05) is 43.5 Å². The van der Waals surface area contributed by atoms with E-state index in [1.54, 1.807) is 6.92 Å². The van der Waals surface area contributed by atoms with Gasteiger partial charge in [0.25, 0.3) is 0 Å². The van der Waals surface area contributed by atoms with Crippen molar-refractivity contribution in [2.45, 2.75) is 85.7 Å². The summed E-state index contributed by atoms with van der Waals surface area (Å²) in [6.45, 7) is 10.4. The number of nitrogens with zero attached hydrogens (tertiary/aromatic N) is 1. The number of esters is 1. The Balaban J connectivity index is 1.64. The van der Waals surface area contributed by atoms with Crippen LogP contribution in [0, 0.1) is 28.6 Å². The van der Waals surface area contributed by atoms with Crippen LogP contribution in [0.5, 0.6) is 0 Å². The molecule has 4 rings (SSSR count). The second-order valence-corrected chi connectivity index (χ2v) is 10.6. The number of carbonyl (C=O) groups excluding carboxylic acids is 3. The maximum Gasteiger partial charge on any atom is 0.302 e. The highest BCUT2D eigenvalue weighted by Crippen LogP contribution is 2.66. The minimum absolute atomic E-state index is 0.0114. The van der Waals surface area contributed by atoms with Gasteiger partial charge in [0.05, 0.1) is 0 Å². The van der Waals surface area contributed by atoms with Gasteiger partial charge in [-0.15, -0.1) is 0 Å². The highest BCUT2D eigenvalue weighted by Gasteiger charge is 2.59. The topological polar surface area (TPSA) is 63.7 Å². The van der Waals surface area contributed by atoms with Crippen molar-refractivity contribution < 1.29 is 19.1 Å². The summed E-state index contributed by atoms with van der Waals surface area (Å²) in [5, 5.41) is 0. The molecule has 1 amide bonds. The van der Waals surface area contributed by atoms with Crippen LogP contribution in [0.15, 0.2) is 22.9 Å². The van der Waals surface area contributed by atoms with Crippen molar-refractivity contribution in [2.24, 2.45) is 28.6 Å². The van der Waals surface area contributed by atoms with E-state index >= 15 is 0 Å². The van der Waals surface area contributed by atoms with Crippen LogP contribution >= 0.6 is 0 Å². The highest BCUT2D eigenvalue weighted by molar-refractivity contribution is 5.82. The molecule has 0 heterocycles. The molecule has 0 aliphatic heterocycles. The van der Waals surface area contributed by atoms with Gasteiger partial charge in [-0.05, 0) is 68.6 Å². The normalized spacial score (nSPS) is 39.1. The zero-order chi connectivity index (χ0) is 22.6. The van der Waals surface area contributed by atoms with Gasteiger partial charge in [-0.25, -0.2) is 0 Å². The lowest BCUT2D eigenvalue weighted by Crippen LogP contribution is -2.51. The number of ether oxygens (including phenoxy) is 1. The fourth-order valence-corrected chi connectivity index (χ4v) is 7.78. The van der Waals surface area contributed by atoms with Gasteiger partial charge in [-0.3, -0.25) is 14.4 Å². The Morgan fingerprint density at radius 3 is 2.45 bits per heavy atom. The Hall–Kier alpha value is -1.91. The summed E-state index contributed by atoms with van der Waals surface area (Å²) in [4.78, 5) is 37.8. The predicted molar refractivity (Wildman–Crippen MR) is 119 cm³/mol. The largest absolute Gasteiger partial charge is 0.462 e. The van der Waals surface area contributed by atoms with Crippen LogP contribution in [0.1, 0.15) is 79.6 Å². The van der Waals surface area contributed by atoms with Crippen molar-refractivity contribution in [3.63, 3.8) is 0 Å². The first kappa shape index (κ1) is 22.3. The maximum absolute atomic E-state index is 12.4. The minimum atomic E-state index is -0.187. The van der Waals surface area contributed by atoms with Crippen LogP contribution < -0.4 is 0 Å². The van der Waals surface area contributed by atoms with Crippen molar-refractivity contribution in [1.82, 2.24) is 4.90 Å². The number of fused-ring (bicyclic) bond motifs is 5. The molecular formula is C26H37NO4. The van der Waals surface area contributed by atoms with Crippen LogP contribution in [0.4, 0.5) is 0 Å². The quantitative estimate of drug-likeness (QED) is 0.367. The SMILES string of the molecule is CCN(C(C)=O)C1=C(C=O)C[C@H]2[C@@H]3CC=C4C[C@@H](OC(C)=O)CC[C@]4(C)[C@H]3CC[C@]12C. The molecule has 170 valence electrons. The van der Waals surface area contributed by atoms with E-state index in [2.05, 4.69) is 19.9 Å². The van der Waals surface area contributed by atoms with Crippen LogP contribution in [-0.2, 0) is 19.1 Å². The number of rotatable bonds is 4. The second kappa shape index (κ2) is 7.90. The van der Waals surface area contributed by atoms with Crippen LogP contribution in [0.3, 0.4) is 0 Å². The van der Waals surface area contributed by atoms with E-state index in [0.29, 0.717) is 24.3 Å². The fraction of sp³-hybridized carbons (Fsp3) is 0.731. The molecule has 4 aliphatic carbocycles. The van der Waals surface area contributed by atoms with E-state index in [0.717, 1.165) is 62.5 Å². The number of hydrogen-bond donors (Lipinski definition) is 0. The second-order valence-electron chi connectivity index (χ2n) is 10.6. The van der Waals surface area contributed by atoms with Gasteiger partial charge in [0.15, 0.2) is 0 Å². The van der Waals surface area contributed by atoms with E-state index in [1.165, 1.54) is 12.5 Å². The predicted octanol–water partition coefficient (Wildman–Crippen LogP) is 4.81. The molecule has 0 aromatic carbocycles. The first-order valence-corrected chi connectivity index (χ1v) is 12.0. The van der Waals surface area contributed by atoms with Gasteiger partial charge in [0.2, 0.25) is 5.91 Å². The summed E-state index contributed by atoms with van der Waals surface area (Å²) in [5.74, 6) is 1.35. The third-order valence-corrected chi connectivity index (χ3v) is 9.17. The number of amides is 1. The lowest BCUT2D eigenvalue weighted by Gasteiger charge is -2.58.